The third-order valence-corrected chi connectivity index (χ3v) is 10.9. The van der Waals surface area contributed by atoms with E-state index in [2.05, 4.69) is 13.8 Å². The van der Waals surface area contributed by atoms with Crippen molar-refractivity contribution in [1.82, 2.24) is 0 Å². The van der Waals surface area contributed by atoms with Crippen molar-refractivity contribution >= 4 is 34.5 Å². The quantitative estimate of drug-likeness (QED) is 0.0497. The minimum Gasteiger partial charge on any atom is -0.477 e. The molecule has 4 atom stereocenters. The first kappa shape index (κ1) is 46.7. The standard InChI is InChI=1S/C42H80O5S2/c1-3-5-7-9-11-13-15-17-19-21-23-25-27-29-31-33-39(48)46-38-36-45-37(35-43)41(44)42(38)47-40(49)34-32-30-28-26-24-22-20-18-16-14-12-10-8-6-4-2/h37-38,41-44H,3-36H2,1-2H3/t37-,38+,41-,42-/m0/s1. The second kappa shape index (κ2) is 34.7. The van der Waals surface area contributed by atoms with Gasteiger partial charge >= 0.3 is 0 Å². The third kappa shape index (κ3) is 27.0. The molecule has 0 unspecified atom stereocenters. The topological polar surface area (TPSA) is 68.2 Å². The number of unbranched alkanes of at least 4 members (excludes halogenated alkanes) is 28. The summed E-state index contributed by atoms with van der Waals surface area (Å²) in [4.78, 5) is 0. The van der Waals surface area contributed by atoms with Gasteiger partial charge in [0.1, 0.15) is 12.2 Å². The molecule has 7 heteroatoms. The van der Waals surface area contributed by atoms with Crippen LogP contribution in [0.5, 0.6) is 0 Å². The molecule has 1 fully saturated rings. The van der Waals surface area contributed by atoms with Gasteiger partial charge in [0, 0.05) is 12.8 Å². The van der Waals surface area contributed by atoms with E-state index in [-0.39, 0.29) is 13.2 Å². The molecule has 0 bridgehead atoms. The monoisotopic (exact) mass is 729 g/mol. The highest BCUT2D eigenvalue weighted by molar-refractivity contribution is 7.80. The van der Waals surface area contributed by atoms with Crippen LogP contribution in [0, 0.1) is 0 Å². The maximum atomic E-state index is 10.9. The summed E-state index contributed by atoms with van der Waals surface area (Å²) < 4.78 is 17.9. The minimum absolute atomic E-state index is 0.216. The van der Waals surface area contributed by atoms with Gasteiger partial charge in [0.2, 0.25) is 0 Å². The number of hydrogen-bond donors (Lipinski definition) is 2. The summed E-state index contributed by atoms with van der Waals surface area (Å²) in [5.74, 6) is 0. The third-order valence-electron chi connectivity index (χ3n) is 10.3. The SMILES string of the molecule is CCCCCCCCCCCCCCCCCC(=S)O[C@@H]1[C@@H](O)[C@H](CO)OC[C@H]1OC(=S)CCCCCCCCCCCCCCCCC. The number of rotatable bonds is 35. The fourth-order valence-electron chi connectivity index (χ4n) is 6.97. The van der Waals surface area contributed by atoms with Crippen molar-refractivity contribution < 1.29 is 24.4 Å². The molecular weight excluding hydrogens is 649 g/mol. The normalized spacial score (nSPS) is 19.3. The predicted octanol–water partition coefficient (Wildman–Crippen LogP) is 12.7. The molecule has 1 rings (SSSR count). The predicted molar refractivity (Wildman–Crippen MR) is 217 cm³/mol. The van der Waals surface area contributed by atoms with Crippen molar-refractivity contribution in [3.8, 4) is 0 Å². The molecule has 5 nitrogen and oxygen atoms in total. The summed E-state index contributed by atoms with van der Waals surface area (Å²) in [6.07, 6.45) is 38.3. The average Bonchev–Trinajstić information content (AvgIpc) is 3.09. The van der Waals surface area contributed by atoms with Crippen molar-refractivity contribution in [2.75, 3.05) is 13.2 Å². The lowest BCUT2D eigenvalue weighted by molar-refractivity contribution is -0.186. The second-order valence-electron chi connectivity index (χ2n) is 14.9. The van der Waals surface area contributed by atoms with Gasteiger partial charge in [-0.05, 0) is 37.3 Å². The Morgan fingerprint density at radius 2 is 0.816 bits per heavy atom. The van der Waals surface area contributed by atoms with Crippen LogP contribution in [0.4, 0.5) is 0 Å². The first-order valence-corrected chi connectivity index (χ1v) is 22.1. The zero-order valence-electron chi connectivity index (χ0n) is 32.3. The fourth-order valence-corrected chi connectivity index (χ4v) is 7.49. The highest BCUT2D eigenvalue weighted by Crippen LogP contribution is 2.24. The first-order chi connectivity index (χ1) is 24.0. The highest BCUT2D eigenvalue weighted by Gasteiger charge is 2.43. The Hall–Kier alpha value is -0.340. The van der Waals surface area contributed by atoms with E-state index in [9.17, 15) is 10.2 Å². The molecule has 0 amide bonds. The lowest BCUT2D eigenvalue weighted by Gasteiger charge is -2.39. The van der Waals surface area contributed by atoms with Crippen LogP contribution in [-0.4, -0.2) is 57.9 Å². The van der Waals surface area contributed by atoms with Crippen molar-refractivity contribution in [3.05, 3.63) is 0 Å². The summed E-state index contributed by atoms with van der Waals surface area (Å²) in [7, 11) is 0. The summed E-state index contributed by atoms with van der Waals surface area (Å²) in [6.45, 7) is 4.50. The largest absolute Gasteiger partial charge is 0.477 e. The van der Waals surface area contributed by atoms with E-state index in [1.165, 1.54) is 167 Å². The van der Waals surface area contributed by atoms with E-state index in [1.807, 2.05) is 0 Å². The number of aliphatic hydroxyl groups excluding tert-OH is 2. The van der Waals surface area contributed by atoms with Crippen molar-refractivity contribution in [2.24, 2.45) is 0 Å². The molecule has 0 radical (unpaired) electrons. The summed E-state index contributed by atoms with van der Waals surface area (Å²) >= 11 is 11.2. The molecule has 0 aliphatic carbocycles. The van der Waals surface area contributed by atoms with Crippen LogP contribution in [0.2, 0.25) is 0 Å². The van der Waals surface area contributed by atoms with Crippen molar-refractivity contribution in [3.63, 3.8) is 0 Å². The summed E-state index contributed by atoms with van der Waals surface area (Å²) in [6, 6.07) is 0. The van der Waals surface area contributed by atoms with E-state index < -0.39 is 24.4 Å². The van der Waals surface area contributed by atoms with Crippen LogP contribution in [0.25, 0.3) is 0 Å². The van der Waals surface area contributed by atoms with E-state index in [0.29, 0.717) is 16.5 Å². The molecule has 0 aromatic heterocycles. The van der Waals surface area contributed by atoms with Gasteiger partial charge in [-0.15, -0.1) is 0 Å². The highest BCUT2D eigenvalue weighted by atomic mass is 32.1. The number of ether oxygens (including phenoxy) is 3. The van der Waals surface area contributed by atoms with Crippen LogP contribution in [0.3, 0.4) is 0 Å². The van der Waals surface area contributed by atoms with Gasteiger partial charge in [0.05, 0.1) is 13.2 Å². The molecule has 0 spiro atoms. The van der Waals surface area contributed by atoms with Crippen molar-refractivity contribution in [1.29, 1.82) is 0 Å². The van der Waals surface area contributed by atoms with Gasteiger partial charge in [-0.2, -0.15) is 0 Å². The molecule has 0 aromatic rings. The molecule has 1 heterocycles. The van der Waals surface area contributed by atoms with Crippen LogP contribution in [0.15, 0.2) is 0 Å². The maximum absolute atomic E-state index is 10.9. The number of aliphatic hydroxyl groups is 2. The Morgan fingerprint density at radius 3 is 1.14 bits per heavy atom. The molecule has 1 aliphatic heterocycles. The fraction of sp³-hybridized carbons (Fsp3) is 0.952. The molecule has 49 heavy (non-hydrogen) atoms. The van der Waals surface area contributed by atoms with E-state index in [4.69, 9.17) is 38.6 Å². The maximum Gasteiger partial charge on any atom is 0.167 e. The van der Waals surface area contributed by atoms with E-state index in [0.717, 1.165) is 32.1 Å². The lowest BCUT2D eigenvalue weighted by atomic mass is 10.00. The molecule has 2 N–H and O–H groups in total. The van der Waals surface area contributed by atoms with E-state index >= 15 is 0 Å². The van der Waals surface area contributed by atoms with Crippen molar-refractivity contribution in [2.45, 2.75) is 244 Å². The first-order valence-electron chi connectivity index (χ1n) is 21.3. The Balaban J connectivity index is 2.12. The zero-order chi connectivity index (χ0) is 35.6. The molecule has 0 saturated carbocycles. The van der Waals surface area contributed by atoms with Gasteiger partial charge in [-0.1, -0.05) is 194 Å². The molecular formula is C42H80O5S2. The van der Waals surface area contributed by atoms with Gasteiger partial charge in [0.15, 0.2) is 22.3 Å². The van der Waals surface area contributed by atoms with Gasteiger partial charge in [0.25, 0.3) is 0 Å². The van der Waals surface area contributed by atoms with Gasteiger partial charge in [-0.25, -0.2) is 0 Å². The second-order valence-corrected chi connectivity index (χ2v) is 15.8. The van der Waals surface area contributed by atoms with Gasteiger partial charge in [-0.3, -0.25) is 0 Å². The molecule has 1 aliphatic rings. The lowest BCUT2D eigenvalue weighted by Crippen LogP contribution is -2.56. The van der Waals surface area contributed by atoms with Gasteiger partial charge < -0.3 is 24.4 Å². The molecule has 0 aromatic carbocycles. The Labute approximate surface area is 314 Å². The summed E-state index contributed by atoms with van der Waals surface area (Å²) in [5, 5.41) is 21.6. The average molecular weight is 729 g/mol. The smallest absolute Gasteiger partial charge is 0.167 e. The molecule has 290 valence electrons. The van der Waals surface area contributed by atoms with Crippen LogP contribution in [0.1, 0.15) is 219 Å². The minimum atomic E-state index is -1.02. The Morgan fingerprint density at radius 1 is 0.510 bits per heavy atom. The number of thiocarbonyl (C=S) groups is 2. The van der Waals surface area contributed by atoms with Crippen LogP contribution >= 0.6 is 24.4 Å². The summed E-state index contributed by atoms with van der Waals surface area (Å²) in [5.41, 5.74) is 0. The van der Waals surface area contributed by atoms with Crippen LogP contribution in [-0.2, 0) is 14.2 Å². The zero-order valence-corrected chi connectivity index (χ0v) is 33.9. The number of hydrogen-bond acceptors (Lipinski definition) is 7. The molecule has 1 saturated heterocycles. The Kier molecular flexibility index (Phi) is 33.1. The van der Waals surface area contributed by atoms with E-state index in [1.54, 1.807) is 0 Å². The van der Waals surface area contributed by atoms with Crippen LogP contribution < -0.4 is 0 Å². The Bertz CT molecular complexity index is 751.